The molecule has 1 aromatic carbocycles. The van der Waals surface area contributed by atoms with Crippen LogP contribution in [0.15, 0.2) is 67.0 Å². The predicted molar refractivity (Wildman–Crippen MR) is 93.4 cm³/mol. The Kier molecular flexibility index (Phi) is 3.46. The highest BCUT2D eigenvalue weighted by atomic mass is 15.3. The first kappa shape index (κ1) is 14.4. The van der Waals surface area contributed by atoms with E-state index < -0.39 is 0 Å². The molecule has 0 N–H and O–H groups in total. The van der Waals surface area contributed by atoms with Gasteiger partial charge < -0.3 is 0 Å². The van der Waals surface area contributed by atoms with Crippen LogP contribution in [-0.4, -0.2) is 24.5 Å². The third kappa shape index (κ3) is 2.72. The summed E-state index contributed by atoms with van der Waals surface area (Å²) in [6, 6.07) is 18.3. The molecule has 118 valence electrons. The number of pyridine rings is 1. The fraction of sp³-hybridized carbons (Fsp3) is 0.105. The van der Waals surface area contributed by atoms with Gasteiger partial charge in [-0.1, -0.05) is 30.3 Å². The van der Waals surface area contributed by atoms with Crippen molar-refractivity contribution in [3.8, 4) is 22.8 Å². The van der Waals surface area contributed by atoms with E-state index in [1.165, 1.54) is 0 Å². The quantitative estimate of drug-likeness (QED) is 0.578. The molecule has 0 spiro atoms. The molecule has 5 heteroatoms. The van der Waals surface area contributed by atoms with Crippen molar-refractivity contribution in [2.24, 2.45) is 0 Å². The van der Waals surface area contributed by atoms with Crippen molar-refractivity contribution in [3.05, 3.63) is 78.4 Å². The molecule has 4 rings (SSSR count). The third-order valence-corrected chi connectivity index (χ3v) is 3.82. The maximum Gasteiger partial charge on any atom is 0.156 e. The normalized spacial score (nSPS) is 10.9. The first-order chi connectivity index (χ1) is 11.7. The molecule has 4 aromatic rings. The Hall–Kier alpha value is -3.21. The molecule has 0 saturated heterocycles. The van der Waals surface area contributed by atoms with Gasteiger partial charge in [0.05, 0.1) is 11.4 Å². The van der Waals surface area contributed by atoms with E-state index in [-0.39, 0.29) is 0 Å². The minimum Gasteiger partial charge on any atom is -0.222 e. The number of aryl methyl sites for hydroxylation is 2. The van der Waals surface area contributed by atoms with E-state index in [0.29, 0.717) is 0 Å². The Balaban J connectivity index is 1.91. The van der Waals surface area contributed by atoms with Gasteiger partial charge in [-0.2, -0.15) is 10.2 Å². The van der Waals surface area contributed by atoms with E-state index in [0.717, 1.165) is 34.2 Å². The first-order valence-electron chi connectivity index (χ1n) is 7.82. The zero-order chi connectivity index (χ0) is 16.5. The molecule has 0 aliphatic rings. The lowest BCUT2D eigenvalue weighted by Crippen LogP contribution is -2.05. The maximum absolute atomic E-state index is 4.73. The van der Waals surface area contributed by atoms with E-state index in [4.69, 9.17) is 4.98 Å². The minimum atomic E-state index is 0.771. The van der Waals surface area contributed by atoms with E-state index in [1.807, 2.05) is 68.7 Å². The molecule has 0 saturated carbocycles. The number of aromatic nitrogens is 5. The molecule has 24 heavy (non-hydrogen) atoms. The first-order valence-corrected chi connectivity index (χ1v) is 7.82. The van der Waals surface area contributed by atoms with Crippen molar-refractivity contribution < 1.29 is 0 Å². The van der Waals surface area contributed by atoms with Gasteiger partial charge in [-0.05, 0) is 49.2 Å². The Morgan fingerprint density at radius 3 is 1.67 bits per heavy atom. The molecule has 3 heterocycles. The standard InChI is InChI=1S/C19H17N5/c1-14-8-10-23(21-14)18-12-17(16-6-4-3-5-7-16)13-19(20-18)24-11-9-15(2)22-24/h3-13H,1-2H3. The van der Waals surface area contributed by atoms with Crippen molar-refractivity contribution in [2.45, 2.75) is 13.8 Å². The van der Waals surface area contributed by atoms with Crippen LogP contribution in [0.25, 0.3) is 22.8 Å². The highest BCUT2D eigenvalue weighted by molar-refractivity contribution is 5.66. The van der Waals surface area contributed by atoms with Crippen LogP contribution in [0.1, 0.15) is 11.4 Å². The van der Waals surface area contributed by atoms with Crippen molar-refractivity contribution in [1.29, 1.82) is 0 Å². The second-order valence-electron chi connectivity index (χ2n) is 5.74. The van der Waals surface area contributed by atoms with Crippen LogP contribution in [0.4, 0.5) is 0 Å². The van der Waals surface area contributed by atoms with Crippen LogP contribution < -0.4 is 0 Å². The molecule has 0 amide bonds. The van der Waals surface area contributed by atoms with Crippen molar-refractivity contribution >= 4 is 0 Å². The molecule has 0 radical (unpaired) electrons. The summed E-state index contributed by atoms with van der Waals surface area (Å²) in [7, 11) is 0. The second-order valence-corrected chi connectivity index (χ2v) is 5.74. The highest BCUT2D eigenvalue weighted by Crippen LogP contribution is 2.23. The lowest BCUT2D eigenvalue weighted by atomic mass is 10.1. The van der Waals surface area contributed by atoms with Crippen LogP contribution in [0.5, 0.6) is 0 Å². The average Bonchev–Trinajstić information content (AvgIpc) is 3.24. The second kappa shape index (κ2) is 5.77. The lowest BCUT2D eigenvalue weighted by molar-refractivity contribution is 0.792. The summed E-state index contributed by atoms with van der Waals surface area (Å²) in [6.45, 7) is 3.94. The average molecular weight is 315 g/mol. The number of hydrogen-bond donors (Lipinski definition) is 0. The summed E-state index contributed by atoms with van der Waals surface area (Å²) >= 11 is 0. The maximum atomic E-state index is 4.73. The largest absolute Gasteiger partial charge is 0.222 e. The Labute approximate surface area is 140 Å². The van der Waals surface area contributed by atoms with Gasteiger partial charge in [0, 0.05) is 12.4 Å². The van der Waals surface area contributed by atoms with Gasteiger partial charge in [0.2, 0.25) is 0 Å². The molecule has 0 aliphatic heterocycles. The zero-order valence-corrected chi connectivity index (χ0v) is 13.6. The molecule has 0 fully saturated rings. The summed E-state index contributed by atoms with van der Waals surface area (Å²) in [5.41, 5.74) is 4.13. The molecule has 0 bridgehead atoms. The summed E-state index contributed by atoms with van der Waals surface area (Å²) in [5, 5.41) is 8.96. The van der Waals surface area contributed by atoms with Crippen LogP contribution in [0, 0.1) is 13.8 Å². The predicted octanol–water partition coefficient (Wildman–Crippen LogP) is 3.74. The molecule has 0 atom stereocenters. The van der Waals surface area contributed by atoms with Crippen molar-refractivity contribution in [2.75, 3.05) is 0 Å². The molecule has 0 unspecified atom stereocenters. The highest BCUT2D eigenvalue weighted by Gasteiger charge is 2.09. The van der Waals surface area contributed by atoms with Crippen LogP contribution in [0.3, 0.4) is 0 Å². The Morgan fingerprint density at radius 1 is 0.667 bits per heavy atom. The third-order valence-electron chi connectivity index (χ3n) is 3.82. The van der Waals surface area contributed by atoms with E-state index in [2.05, 4.69) is 22.3 Å². The molecular formula is C19H17N5. The smallest absolute Gasteiger partial charge is 0.156 e. The van der Waals surface area contributed by atoms with Crippen LogP contribution >= 0.6 is 0 Å². The number of hydrogen-bond acceptors (Lipinski definition) is 3. The summed E-state index contributed by atoms with van der Waals surface area (Å²) in [5.74, 6) is 1.54. The van der Waals surface area contributed by atoms with E-state index in [9.17, 15) is 0 Å². The van der Waals surface area contributed by atoms with Gasteiger partial charge >= 0.3 is 0 Å². The summed E-state index contributed by atoms with van der Waals surface area (Å²) in [6.07, 6.45) is 3.84. The topological polar surface area (TPSA) is 48.5 Å². The zero-order valence-electron chi connectivity index (χ0n) is 13.6. The number of rotatable bonds is 3. The summed E-state index contributed by atoms with van der Waals surface area (Å²) < 4.78 is 3.59. The lowest BCUT2D eigenvalue weighted by Gasteiger charge is -2.09. The molecule has 0 aliphatic carbocycles. The van der Waals surface area contributed by atoms with Gasteiger partial charge in [-0.25, -0.2) is 14.3 Å². The van der Waals surface area contributed by atoms with Gasteiger partial charge in [-0.15, -0.1) is 0 Å². The number of benzene rings is 1. The van der Waals surface area contributed by atoms with E-state index >= 15 is 0 Å². The van der Waals surface area contributed by atoms with Crippen molar-refractivity contribution in [3.63, 3.8) is 0 Å². The van der Waals surface area contributed by atoms with Crippen LogP contribution in [-0.2, 0) is 0 Å². The SMILES string of the molecule is Cc1ccn(-c2cc(-c3ccccc3)cc(-n3ccc(C)n3)n2)n1. The van der Waals surface area contributed by atoms with Gasteiger partial charge in [-0.3, -0.25) is 0 Å². The fourth-order valence-electron chi connectivity index (χ4n) is 2.62. The van der Waals surface area contributed by atoms with Gasteiger partial charge in [0.25, 0.3) is 0 Å². The van der Waals surface area contributed by atoms with Gasteiger partial charge in [0.15, 0.2) is 11.6 Å². The van der Waals surface area contributed by atoms with E-state index in [1.54, 1.807) is 9.36 Å². The van der Waals surface area contributed by atoms with Gasteiger partial charge in [0.1, 0.15) is 0 Å². The van der Waals surface area contributed by atoms with Crippen molar-refractivity contribution in [1.82, 2.24) is 24.5 Å². The fourth-order valence-corrected chi connectivity index (χ4v) is 2.62. The number of nitrogens with zero attached hydrogens (tertiary/aromatic N) is 5. The molecule has 3 aromatic heterocycles. The van der Waals surface area contributed by atoms with Crippen LogP contribution in [0.2, 0.25) is 0 Å². The monoisotopic (exact) mass is 315 g/mol. The molecular weight excluding hydrogens is 298 g/mol. The Morgan fingerprint density at radius 2 is 1.21 bits per heavy atom. The summed E-state index contributed by atoms with van der Waals surface area (Å²) in [4.78, 5) is 4.73. The Bertz CT molecular complexity index is 923. The minimum absolute atomic E-state index is 0.771. The molecule has 5 nitrogen and oxygen atoms in total.